The fourth-order valence-corrected chi connectivity index (χ4v) is 6.83. The van der Waals surface area contributed by atoms with Crippen LogP contribution in [0.1, 0.15) is 28.8 Å². The Hall–Kier alpha value is -4.02. The number of nitriles is 1. The van der Waals surface area contributed by atoms with Gasteiger partial charge in [0.25, 0.3) is 0 Å². The number of hydrogen-bond acceptors (Lipinski definition) is 6. The number of hydrogen-bond donors (Lipinski definition) is 0. The Morgan fingerprint density at radius 2 is 2.00 bits per heavy atom. The zero-order valence-electron chi connectivity index (χ0n) is 21.9. The first-order valence-electron chi connectivity index (χ1n) is 12.9. The summed E-state index contributed by atoms with van der Waals surface area (Å²) in [7, 11) is 0. The molecule has 1 spiro atoms. The fourth-order valence-electron chi connectivity index (χ4n) is 6.03. The highest BCUT2D eigenvalue weighted by Crippen LogP contribution is 2.45. The van der Waals surface area contributed by atoms with Gasteiger partial charge in [0.15, 0.2) is 0 Å². The maximum Gasteiger partial charge on any atom is 0.245 e. The van der Waals surface area contributed by atoms with Gasteiger partial charge >= 0.3 is 0 Å². The number of amides is 1. The monoisotopic (exact) mass is 519 g/mol. The molecule has 0 atom stereocenters. The molecule has 2 saturated heterocycles. The number of aryl methyl sites for hydroxylation is 2. The Morgan fingerprint density at radius 1 is 1.18 bits per heavy atom. The van der Waals surface area contributed by atoms with Gasteiger partial charge in [0.1, 0.15) is 17.5 Å². The number of rotatable bonds is 4. The van der Waals surface area contributed by atoms with E-state index in [-0.39, 0.29) is 11.3 Å². The maximum absolute atomic E-state index is 12.1. The Balaban J connectivity index is 1.52. The van der Waals surface area contributed by atoms with Crippen LogP contribution in [-0.2, 0) is 4.79 Å². The lowest BCUT2D eigenvalue weighted by Crippen LogP contribution is -2.59. The number of fused-ring (bicyclic) bond motifs is 1. The van der Waals surface area contributed by atoms with Crippen LogP contribution in [0.2, 0.25) is 0 Å². The van der Waals surface area contributed by atoms with Gasteiger partial charge in [-0.3, -0.25) is 4.79 Å². The molecular formula is C31H29N5OS. The van der Waals surface area contributed by atoms with Gasteiger partial charge in [-0.15, -0.1) is 11.3 Å². The molecule has 6 nitrogen and oxygen atoms in total. The van der Waals surface area contributed by atoms with Crippen molar-refractivity contribution in [3.8, 4) is 27.6 Å². The van der Waals surface area contributed by atoms with Crippen LogP contribution in [0.3, 0.4) is 0 Å². The van der Waals surface area contributed by atoms with Gasteiger partial charge in [-0.25, -0.2) is 9.97 Å². The van der Waals surface area contributed by atoms with E-state index in [2.05, 4.69) is 72.8 Å². The molecule has 0 saturated carbocycles. The van der Waals surface area contributed by atoms with Gasteiger partial charge in [0.05, 0.1) is 21.6 Å². The summed E-state index contributed by atoms with van der Waals surface area (Å²) in [5, 5.41) is 11.5. The molecule has 0 aliphatic carbocycles. The predicted octanol–water partition coefficient (Wildman–Crippen LogP) is 6.05. The van der Waals surface area contributed by atoms with Gasteiger partial charge in [-0.1, -0.05) is 36.9 Å². The van der Waals surface area contributed by atoms with E-state index in [0.717, 1.165) is 76.6 Å². The summed E-state index contributed by atoms with van der Waals surface area (Å²) in [4.78, 5) is 26.9. The van der Waals surface area contributed by atoms with Crippen molar-refractivity contribution >= 4 is 34.0 Å². The molecule has 2 aromatic carbocycles. The highest BCUT2D eigenvalue weighted by atomic mass is 32.1. The maximum atomic E-state index is 12.1. The summed E-state index contributed by atoms with van der Waals surface area (Å²) in [6.45, 7) is 12.9. The molecule has 38 heavy (non-hydrogen) atoms. The third kappa shape index (κ3) is 3.79. The van der Waals surface area contributed by atoms with Crippen molar-refractivity contribution in [3.63, 3.8) is 0 Å². The SMILES string of the molecule is C=CC(=O)N1CC2(CCN(c3nc4cc(-c5scnc5C)ccc4c(-c4cccc(C)c4C)c3C#N)C2)C1. The van der Waals surface area contributed by atoms with Crippen LogP contribution >= 0.6 is 11.3 Å². The minimum Gasteiger partial charge on any atom is -0.355 e. The van der Waals surface area contributed by atoms with Gasteiger partial charge in [0, 0.05) is 42.5 Å². The van der Waals surface area contributed by atoms with Crippen LogP contribution < -0.4 is 4.90 Å². The zero-order chi connectivity index (χ0) is 26.6. The minimum atomic E-state index is -0.0151. The molecule has 0 radical (unpaired) electrons. The first-order chi connectivity index (χ1) is 18.3. The van der Waals surface area contributed by atoms with Crippen LogP contribution in [0.5, 0.6) is 0 Å². The molecule has 2 aliphatic heterocycles. The molecule has 190 valence electrons. The largest absolute Gasteiger partial charge is 0.355 e. The Kier molecular flexibility index (Phi) is 5.81. The summed E-state index contributed by atoms with van der Waals surface area (Å²) in [5.74, 6) is 0.721. The highest BCUT2D eigenvalue weighted by molar-refractivity contribution is 7.13. The van der Waals surface area contributed by atoms with Gasteiger partial charge < -0.3 is 9.80 Å². The van der Waals surface area contributed by atoms with E-state index in [4.69, 9.17) is 4.98 Å². The molecular weight excluding hydrogens is 490 g/mol. The summed E-state index contributed by atoms with van der Waals surface area (Å²) in [5.41, 5.74) is 9.86. The molecule has 4 aromatic rings. The van der Waals surface area contributed by atoms with E-state index in [0.29, 0.717) is 5.56 Å². The molecule has 7 heteroatoms. The number of pyridine rings is 1. The smallest absolute Gasteiger partial charge is 0.245 e. The average molecular weight is 520 g/mol. The summed E-state index contributed by atoms with van der Waals surface area (Å²) in [6.07, 6.45) is 2.36. The molecule has 2 aliphatic rings. The first-order valence-corrected chi connectivity index (χ1v) is 13.7. The predicted molar refractivity (Wildman–Crippen MR) is 153 cm³/mol. The van der Waals surface area contributed by atoms with Crippen molar-refractivity contribution < 1.29 is 4.79 Å². The molecule has 6 rings (SSSR count). The highest BCUT2D eigenvalue weighted by Gasteiger charge is 2.49. The number of carbonyl (C=O) groups excluding carboxylic acids is 1. The van der Waals surface area contributed by atoms with Crippen LogP contribution in [0, 0.1) is 37.5 Å². The fraction of sp³-hybridized carbons (Fsp3) is 0.290. The Morgan fingerprint density at radius 3 is 2.71 bits per heavy atom. The van der Waals surface area contributed by atoms with Crippen molar-refractivity contribution in [2.24, 2.45) is 5.41 Å². The normalized spacial score (nSPS) is 16.1. The lowest BCUT2D eigenvalue weighted by Gasteiger charge is -2.47. The number of anilines is 1. The number of aromatic nitrogens is 2. The minimum absolute atomic E-state index is 0.0151. The number of thiazole rings is 1. The van der Waals surface area contributed by atoms with Crippen LogP contribution in [-0.4, -0.2) is 47.0 Å². The molecule has 2 aromatic heterocycles. The van der Waals surface area contributed by atoms with E-state index < -0.39 is 0 Å². The second-order valence-electron chi connectivity index (χ2n) is 10.6. The Bertz CT molecular complexity index is 1660. The lowest BCUT2D eigenvalue weighted by atomic mass is 9.79. The van der Waals surface area contributed by atoms with Crippen molar-refractivity contribution in [2.45, 2.75) is 27.2 Å². The standard InChI is InChI=1S/C31H29N5OS/c1-5-27(37)36-16-31(17-36)11-12-35(15-31)30-25(14-32)28(23-8-6-7-19(2)20(23)3)24-10-9-22(13-26(24)34-30)29-21(4)33-18-38-29/h5-10,13,18H,1,11-12,15-17H2,2-4H3. The number of carbonyl (C=O) groups is 1. The van der Waals surface area contributed by atoms with E-state index in [1.807, 2.05) is 17.3 Å². The first kappa shape index (κ1) is 24.3. The van der Waals surface area contributed by atoms with E-state index in [1.165, 1.54) is 17.2 Å². The van der Waals surface area contributed by atoms with Gasteiger partial charge in [-0.05, 0) is 61.6 Å². The Labute approximate surface area is 226 Å². The lowest BCUT2D eigenvalue weighted by molar-refractivity contribution is -0.136. The number of likely N-dealkylation sites (tertiary alicyclic amines) is 1. The quantitative estimate of drug-likeness (QED) is 0.307. The molecule has 0 bridgehead atoms. The van der Waals surface area contributed by atoms with E-state index in [9.17, 15) is 10.1 Å². The number of benzene rings is 2. The second kappa shape index (κ2) is 9.07. The third-order valence-corrected chi connectivity index (χ3v) is 9.21. The van der Waals surface area contributed by atoms with Crippen molar-refractivity contribution in [3.05, 3.63) is 76.9 Å². The van der Waals surface area contributed by atoms with E-state index in [1.54, 1.807) is 11.3 Å². The third-order valence-electron chi connectivity index (χ3n) is 8.24. The molecule has 4 heterocycles. The van der Waals surface area contributed by atoms with Gasteiger partial charge in [0.2, 0.25) is 5.91 Å². The van der Waals surface area contributed by atoms with Gasteiger partial charge in [-0.2, -0.15) is 5.26 Å². The molecule has 1 amide bonds. The zero-order valence-corrected chi connectivity index (χ0v) is 22.7. The van der Waals surface area contributed by atoms with Crippen molar-refractivity contribution in [1.29, 1.82) is 5.26 Å². The summed E-state index contributed by atoms with van der Waals surface area (Å²) >= 11 is 1.63. The molecule has 2 fully saturated rings. The average Bonchev–Trinajstić information content (AvgIpc) is 3.54. The van der Waals surface area contributed by atoms with Crippen molar-refractivity contribution in [1.82, 2.24) is 14.9 Å². The van der Waals surface area contributed by atoms with Crippen LogP contribution in [0.25, 0.3) is 32.5 Å². The summed E-state index contributed by atoms with van der Waals surface area (Å²) in [6, 6.07) is 15.2. The number of nitrogens with zero attached hydrogens (tertiary/aromatic N) is 5. The topological polar surface area (TPSA) is 73.1 Å². The second-order valence-corrected chi connectivity index (χ2v) is 11.5. The van der Waals surface area contributed by atoms with Crippen LogP contribution in [0.15, 0.2) is 54.6 Å². The summed E-state index contributed by atoms with van der Waals surface area (Å²) < 4.78 is 0. The molecule has 0 unspecified atom stereocenters. The molecule has 0 N–H and O–H groups in total. The van der Waals surface area contributed by atoms with Crippen LogP contribution in [0.4, 0.5) is 5.82 Å². The van der Waals surface area contributed by atoms with Crippen molar-refractivity contribution in [2.75, 3.05) is 31.1 Å². The van der Waals surface area contributed by atoms with E-state index >= 15 is 0 Å².